The van der Waals surface area contributed by atoms with Gasteiger partial charge in [-0.1, -0.05) is 0 Å². The van der Waals surface area contributed by atoms with Crippen molar-refractivity contribution in [1.29, 1.82) is 0 Å². The third-order valence-corrected chi connectivity index (χ3v) is 3.30. The van der Waals surface area contributed by atoms with E-state index in [-0.39, 0.29) is 0 Å². The number of alkyl halides is 1. The van der Waals surface area contributed by atoms with Gasteiger partial charge in [0.25, 0.3) is 0 Å². The van der Waals surface area contributed by atoms with Gasteiger partial charge in [-0.2, -0.15) is 0 Å². The molecular formula is C3H6BI-. The summed E-state index contributed by atoms with van der Waals surface area (Å²) in [5.74, 6) is 0. The van der Waals surface area contributed by atoms with Crippen LogP contribution in [0.2, 0.25) is 6.32 Å². The minimum absolute atomic E-state index is 0.617. The predicted octanol–water partition coefficient (Wildman–Crippen LogP) is -2.48. The summed E-state index contributed by atoms with van der Waals surface area (Å²) in [4.78, 5) is 0. The molecule has 1 heterocycles. The fourth-order valence-electron chi connectivity index (χ4n) is 0.386. The van der Waals surface area contributed by atoms with Gasteiger partial charge in [-0.25, -0.2) is 0 Å². The third kappa shape index (κ3) is 1.12. The molecular weight excluding hydrogens is 174 g/mol. The van der Waals surface area contributed by atoms with Crippen LogP contribution in [0.5, 0.6) is 0 Å². The van der Waals surface area contributed by atoms with E-state index in [1.54, 1.807) is 4.43 Å². The molecule has 0 aromatic rings. The molecule has 2 heteroatoms. The first-order valence-corrected chi connectivity index (χ1v) is 4.66. The molecule has 0 nitrogen and oxygen atoms in total. The zero-order valence-electron chi connectivity index (χ0n) is 3.08. The average Bonchev–Trinajstić information content (AvgIpc) is 1.76. The van der Waals surface area contributed by atoms with Gasteiger partial charge in [0, 0.05) is 0 Å². The monoisotopic (exact) mass is 180 g/mol. The Morgan fingerprint density at radius 1 is 1.60 bits per heavy atom. The van der Waals surface area contributed by atoms with Crippen LogP contribution in [0.25, 0.3) is 0 Å². The predicted molar refractivity (Wildman–Crippen MR) is 20.0 cm³/mol. The number of hydrogen-bond donors (Lipinski definition) is 0. The second-order valence-corrected chi connectivity index (χ2v) is 3.98. The van der Waals surface area contributed by atoms with Gasteiger partial charge in [0.15, 0.2) is 0 Å². The maximum atomic E-state index is 2.47. The number of rotatable bonds is 0. The van der Waals surface area contributed by atoms with E-state index in [0.717, 1.165) is 0 Å². The van der Waals surface area contributed by atoms with E-state index in [0.29, 0.717) is 21.0 Å². The molecule has 29 valence electrons. The van der Waals surface area contributed by atoms with Gasteiger partial charge in [0.2, 0.25) is 0 Å². The van der Waals surface area contributed by atoms with Crippen LogP contribution in [0.1, 0.15) is 6.42 Å². The molecule has 0 spiro atoms. The molecule has 0 amide bonds. The van der Waals surface area contributed by atoms with Gasteiger partial charge < -0.3 is 0 Å². The summed E-state index contributed by atoms with van der Waals surface area (Å²) in [7, 11) is 0. The number of hydrogen-bond acceptors (Lipinski definition) is 0. The van der Waals surface area contributed by atoms with Crippen LogP contribution in [0, 0.1) is 0 Å². The van der Waals surface area contributed by atoms with Gasteiger partial charge >= 0.3 is 43.3 Å². The van der Waals surface area contributed by atoms with Gasteiger partial charge in [0.1, 0.15) is 0 Å². The van der Waals surface area contributed by atoms with E-state index in [2.05, 4.69) is 5.14 Å². The molecule has 0 aliphatic carbocycles. The van der Waals surface area contributed by atoms with Crippen LogP contribution in [-0.2, 0) is 0 Å². The first-order valence-electron chi connectivity index (χ1n) is 1.89. The normalized spacial score (nSPS) is 24.0. The minimum atomic E-state index is 0.617. The molecule has 0 bridgehead atoms. The van der Waals surface area contributed by atoms with Crippen LogP contribution in [-0.4, -0.2) is 9.56 Å². The molecule has 5 heavy (non-hydrogen) atoms. The van der Waals surface area contributed by atoms with Crippen LogP contribution in [0.4, 0.5) is 0 Å². The van der Waals surface area contributed by atoms with Crippen molar-refractivity contribution in [1.82, 2.24) is 0 Å². The van der Waals surface area contributed by atoms with Gasteiger partial charge in [-0.3, -0.25) is 0 Å². The van der Waals surface area contributed by atoms with Crippen LogP contribution in [0.3, 0.4) is 0 Å². The van der Waals surface area contributed by atoms with Crippen LogP contribution >= 0.6 is 0 Å². The summed E-state index contributed by atoms with van der Waals surface area (Å²) in [6.07, 6.45) is 2.92. The Balaban J connectivity index is 2.08. The Labute approximate surface area is 43.6 Å². The van der Waals surface area contributed by atoms with Crippen molar-refractivity contribution in [2.75, 3.05) is 4.43 Å². The van der Waals surface area contributed by atoms with Crippen molar-refractivity contribution in [2.45, 2.75) is 12.7 Å². The van der Waals surface area contributed by atoms with E-state index in [1.165, 1.54) is 12.7 Å². The molecule has 1 aliphatic rings. The van der Waals surface area contributed by atoms with Crippen molar-refractivity contribution >= 4 is 5.14 Å². The Bertz CT molecular complexity index is 18.5. The van der Waals surface area contributed by atoms with Crippen molar-refractivity contribution < 1.29 is 21.0 Å². The molecule has 1 saturated heterocycles. The van der Waals surface area contributed by atoms with Crippen molar-refractivity contribution in [3.05, 3.63) is 0 Å². The molecule has 0 atom stereocenters. The fourth-order valence-corrected chi connectivity index (χ4v) is 2.59. The molecule has 1 radical (unpaired) electrons. The SMILES string of the molecule is [B]1CCC[I-]1. The van der Waals surface area contributed by atoms with Gasteiger partial charge in [0.05, 0.1) is 0 Å². The molecule has 0 unspecified atom stereocenters. The zero-order valence-corrected chi connectivity index (χ0v) is 5.23. The molecule has 1 fully saturated rings. The Kier molecular flexibility index (Phi) is 1.63. The topological polar surface area (TPSA) is 0 Å². The molecule has 0 aromatic heterocycles. The summed E-state index contributed by atoms with van der Waals surface area (Å²) in [5, 5.41) is 2.47. The fraction of sp³-hybridized carbons (Fsp3) is 1.00. The first kappa shape index (κ1) is 3.97. The van der Waals surface area contributed by atoms with E-state index in [4.69, 9.17) is 0 Å². The summed E-state index contributed by atoms with van der Waals surface area (Å²) in [6, 6.07) is 0. The van der Waals surface area contributed by atoms with Crippen molar-refractivity contribution in [3.8, 4) is 0 Å². The van der Waals surface area contributed by atoms with Crippen LogP contribution in [0.15, 0.2) is 0 Å². The summed E-state index contributed by atoms with van der Waals surface area (Å²) in [5.41, 5.74) is 0. The molecule has 1 aliphatic heterocycles. The van der Waals surface area contributed by atoms with E-state index < -0.39 is 0 Å². The van der Waals surface area contributed by atoms with E-state index >= 15 is 0 Å². The van der Waals surface area contributed by atoms with Crippen LogP contribution < -0.4 is 21.0 Å². The summed E-state index contributed by atoms with van der Waals surface area (Å²) < 4.78 is 1.55. The van der Waals surface area contributed by atoms with Crippen molar-refractivity contribution in [3.63, 3.8) is 0 Å². The van der Waals surface area contributed by atoms with E-state index in [1.807, 2.05) is 0 Å². The molecule has 0 N–H and O–H groups in total. The number of halogens is 1. The standard InChI is InChI=1S/C3H6BI/c1-2-4-5-3-1/h1-3H2/q-1. The van der Waals surface area contributed by atoms with Crippen molar-refractivity contribution in [2.24, 2.45) is 0 Å². The first-order chi connectivity index (χ1) is 2.50. The molecule has 0 saturated carbocycles. The van der Waals surface area contributed by atoms with Gasteiger partial charge in [-0.05, 0) is 0 Å². The summed E-state index contributed by atoms with van der Waals surface area (Å²) in [6.45, 7) is 0. The summed E-state index contributed by atoms with van der Waals surface area (Å²) >= 11 is 0.617. The molecule has 0 aromatic carbocycles. The quantitative estimate of drug-likeness (QED) is 0.220. The van der Waals surface area contributed by atoms with Gasteiger partial charge in [-0.15, -0.1) is 0 Å². The Morgan fingerprint density at radius 2 is 2.60 bits per heavy atom. The Hall–Kier alpha value is 0.795. The Morgan fingerprint density at radius 3 is 2.80 bits per heavy atom. The zero-order chi connectivity index (χ0) is 3.54. The third-order valence-electron chi connectivity index (χ3n) is 0.665. The maximum absolute atomic E-state index is 2.47. The second kappa shape index (κ2) is 2.06. The van der Waals surface area contributed by atoms with E-state index in [9.17, 15) is 0 Å². The average molecular weight is 180 g/mol. The molecule has 1 rings (SSSR count). The second-order valence-electron chi connectivity index (χ2n) is 1.14.